The average Bonchev–Trinajstić information content (AvgIpc) is 2.89. The van der Waals surface area contributed by atoms with Crippen molar-refractivity contribution in [1.82, 2.24) is 0 Å². The van der Waals surface area contributed by atoms with Gasteiger partial charge in [0.05, 0.1) is 22.8 Å². The van der Waals surface area contributed by atoms with Crippen LogP contribution >= 0.6 is 0 Å². The number of anilines is 1. The minimum absolute atomic E-state index is 0.562. The fourth-order valence-electron chi connectivity index (χ4n) is 5.09. The first-order chi connectivity index (χ1) is 18.5. The minimum Gasteiger partial charge on any atom is -0.493 e. The van der Waals surface area contributed by atoms with Crippen LogP contribution in [0.25, 0.3) is 11.1 Å². The summed E-state index contributed by atoms with van der Waals surface area (Å²) in [6, 6.07) is 15.8. The molecule has 4 rings (SSSR count). The number of nitrogens with one attached hydrogen (secondary N) is 1. The number of aliphatic carboxylic acids is 1. The van der Waals surface area contributed by atoms with Crippen molar-refractivity contribution in [1.29, 1.82) is 0 Å². The molecule has 3 aromatic carbocycles. The van der Waals surface area contributed by atoms with Crippen LogP contribution in [0.3, 0.4) is 0 Å². The highest BCUT2D eigenvalue weighted by Crippen LogP contribution is 2.42. The summed E-state index contributed by atoms with van der Waals surface area (Å²) >= 11 is 0. The molecule has 0 spiro atoms. The number of hydrogen-bond acceptors (Lipinski definition) is 4. The van der Waals surface area contributed by atoms with Crippen molar-refractivity contribution < 1.29 is 23.6 Å². The number of rotatable bonds is 9. The highest BCUT2D eigenvalue weighted by molar-refractivity contribution is 7.86. The maximum Gasteiger partial charge on any atom is 0.337 e. The van der Waals surface area contributed by atoms with Gasteiger partial charge in [0.2, 0.25) is 0 Å². The smallest absolute Gasteiger partial charge is 0.337 e. The van der Waals surface area contributed by atoms with Crippen LogP contribution in [0.1, 0.15) is 74.5 Å². The van der Waals surface area contributed by atoms with E-state index in [9.17, 15) is 14.1 Å². The fourth-order valence-corrected chi connectivity index (χ4v) is 6.00. The van der Waals surface area contributed by atoms with Crippen LogP contribution < -0.4 is 9.46 Å². The molecule has 0 aliphatic carbocycles. The van der Waals surface area contributed by atoms with Gasteiger partial charge in [-0.3, -0.25) is 0 Å². The Hall–Kier alpha value is -3.16. The van der Waals surface area contributed by atoms with Crippen LogP contribution in [0.5, 0.6) is 5.75 Å². The molecule has 0 saturated heterocycles. The summed E-state index contributed by atoms with van der Waals surface area (Å²) in [5.41, 5.74) is 6.09. The Bertz CT molecular complexity index is 1370. The van der Waals surface area contributed by atoms with Crippen molar-refractivity contribution in [2.24, 2.45) is 0 Å². The van der Waals surface area contributed by atoms with E-state index < -0.39 is 28.7 Å². The minimum atomic E-state index is -1.52. The third-order valence-electron chi connectivity index (χ3n) is 6.87. The van der Waals surface area contributed by atoms with Gasteiger partial charge in [-0.05, 0) is 118 Å². The molecule has 0 aromatic heterocycles. The van der Waals surface area contributed by atoms with E-state index in [1.54, 1.807) is 0 Å². The van der Waals surface area contributed by atoms with Gasteiger partial charge in [-0.2, -0.15) is 0 Å². The lowest BCUT2D eigenvalue weighted by Gasteiger charge is -2.30. The maximum atomic E-state index is 13.3. The standard InChI is InChI=1S/C32H39NO5S/c1-7-9-22-11-14-25(15-12-22)39(36)33-26-18-20(2)28(24-13-16-27-23(19-24)10-8-17-37-27)29(21(26)3)30(31(34)35)38-32(4,5)6/h11-16,18-19,30,33H,7-10,17H2,1-6H3,(H,34,35). The second-order valence-electron chi connectivity index (χ2n) is 11.1. The fraction of sp³-hybridized carbons (Fsp3) is 0.406. The molecular formula is C32H39NO5S. The summed E-state index contributed by atoms with van der Waals surface area (Å²) in [4.78, 5) is 13.3. The monoisotopic (exact) mass is 549 g/mol. The number of aryl methyl sites for hydroxylation is 3. The van der Waals surface area contributed by atoms with Crippen molar-refractivity contribution >= 4 is 22.6 Å². The van der Waals surface area contributed by atoms with Gasteiger partial charge in [-0.25, -0.2) is 9.00 Å². The zero-order chi connectivity index (χ0) is 28.3. The topological polar surface area (TPSA) is 84.9 Å². The van der Waals surface area contributed by atoms with Crippen LogP contribution in [-0.2, 0) is 33.4 Å². The van der Waals surface area contributed by atoms with Gasteiger partial charge in [-0.15, -0.1) is 0 Å². The van der Waals surface area contributed by atoms with Crippen molar-refractivity contribution in [3.05, 3.63) is 76.3 Å². The molecule has 2 N–H and O–H groups in total. The van der Waals surface area contributed by atoms with E-state index in [0.717, 1.165) is 53.7 Å². The van der Waals surface area contributed by atoms with Gasteiger partial charge in [-0.1, -0.05) is 31.5 Å². The average molecular weight is 550 g/mol. The highest BCUT2D eigenvalue weighted by atomic mass is 32.2. The summed E-state index contributed by atoms with van der Waals surface area (Å²) in [5, 5.41) is 10.4. The first-order valence-electron chi connectivity index (χ1n) is 13.6. The molecule has 0 saturated carbocycles. The zero-order valence-electron chi connectivity index (χ0n) is 23.7. The molecule has 0 fully saturated rings. The molecule has 6 nitrogen and oxygen atoms in total. The van der Waals surface area contributed by atoms with Gasteiger partial charge < -0.3 is 19.3 Å². The summed E-state index contributed by atoms with van der Waals surface area (Å²) in [6.45, 7) is 12.2. The number of carboxylic acids is 1. The Kier molecular flexibility index (Phi) is 8.82. The number of hydrogen-bond donors (Lipinski definition) is 2. The van der Waals surface area contributed by atoms with E-state index in [1.165, 1.54) is 5.56 Å². The molecular weight excluding hydrogens is 510 g/mol. The van der Waals surface area contributed by atoms with Crippen molar-refractivity contribution in [2.75, 3.05) is 11.3 Å². The van der Waals surface area contributed by atoms with Gasteiger partial charge in [0.1, 0.15) is 16.7 Å². The molecule has 2 atom stereocenters. The quantitative estimate of drug-likeness (QED) is 0.292. The Balaban J connectivity index is 1.83. The Morgan fingerprint density at radius 3 is 2.49 bits per heavy atom. The van der Waals surface area contributed by atoms with Gasteiger partial charge in [0.15, 0.2) is 6.10 Å². The third-order valence-corrected chi connectivity index (χ3v) is 7.97. The Labute approximate surface area is 234 Å². The number of fused-ring (bicyclic) bond motifs is 1. The van der Waals surface area contributed by atoms with E-state index in [2.05, 4.69) is 17.7 Å². The van der Waals surface area contributed by atoms with E-state index in [-0.39, 0.29) is 0 Å². The third kappa shape index (κ3) is 6.71. The first kappa shape index (κ1) is 28.8. The van der Waals surface area contributed by atoms with Crippen LogP contribution in [0.4, 0.5) is 5.69 Å². The van der Waals surface area contributed by atoms with E-state index in [0.29, 0.717) is 28.3 Å². The molecule has 0 amide bonds. The lowest BCUT2D eigenvalue weighted by atomic mass is 9.86. The second-order valence-corrected chi connectivity index (χ2v) is 12.4. The molecule has 7 heteroatoms. The molecule has 0 radical (unpaired) electrons. The lowest BCUT2D eigenvalue weighted by molar-refractivity contribution is -0.160. The molecule has 39 heavy (non-hydrogen) atoms. The maximum absolute atomic E-state index is 13.3. The molecule has 1 aliphatic rings. The summed E-state index contributed by atoms with van der Waals surface area (Å²) in [7, 11) is -1.52. The molecule has 3 aromatic rings. The van der Waals surface area contributed by atoms with Crippen LogP contribution in [0.2, 0.25) is 0 Å². The number of benzene rings is 3. The predicted molar refractivity (Wildman–Crippen MR) is 157 cm³/mol. The van der Waals surface area contributed by atoms with E-state index >= 15 is 0 Å². The van der Waals surface area contributed by atoms with E-state index in [1.807, 2.05) is 77.1 Å². The molecule has 1 aliphatic heterocycles. The van der Waals surface area contributed by atoms with Gasteiger partial charge >= 0.3 is 5.97 Å². The molecule has 208 valence electrons. The molecule has 2 unspecified atom stereocenters. The normalized spacial score (nSPS) is 14.7. The summed E-state index contributed by atoms with van der Waals surface area (Å²) < 4.78 is 28.5. The van der Waals surface area contributed by atoms with Crippen molar-refractivity contribution in [2.45, 2.75) is 83.8 Å². The van der Waals surface area contributed by atoms with Crippen LogP contribution in [-0.4, -0.2) is 27.5 Å². The van der Waals surface area contributed by atoms with Crippen LogP contribution in [0, 0.1) is 13.8 Å². The second kappa shape index (κ2) is 11.9. The zero-order valence-corrected chi connectivity index (χ0v) is 24.5. The highest BCUT2D eigenvalue weighted by Gasteiger charge is 2.32. The summed E-state index contributed by atoms with van der Waals surface area (Å²) in [5.74, 6) is -0.194. The van der Waals surface area contributed by atoms with Crippen molar-refractivity contribution in [3.8, 4) is 16.9 Å². The Morgan fingerprint density at radius 2 is 1.85 bits per heavy atom. The number of carbonyl (C=O) groups is 1. The SMILES string of the molecule is CCCc1ccc(S(=O)Nc2cc(C)c(-c3ccc4c(c3)CCCO4)c(C(OC(C)(C)C)C(=O)O)c2C)cc1. The molecule has 1 heterocycles. The van der Waals surface area contributed by atoms with Gasteiger partial charge in [0.25, 0.3) is 0 Å². The van der Waals surface area contributed by atoms with E-state index in [4.69, 9.17) is 9.47 Å². The number of ether oxygens (including phenoxy) is 2. The largest absolute Gasteiger partial charge is 0.493 e. The lowest BCUT2D eigenvalue weighted by Crippen LogP contribution is -2.28. The number of carboxylic acid groups (broad SMARTS) is 1. The van der Waals surface area contributed by atoms with Gasteiger partial charge in [0, 0.05) is 5.56 Å². The summed E-state index contributed by atoms with van der Waals surface area (Å²) in [6.07, 6.45) is 2.66. The molecule has 0 bridgehead atoms. The predicted octanol–water partition coefficient (Wildman–Crippen LogP) is 7.32. The first-order valence-corrected chi connectivity index (χ1v) is 14.7. The van der Waals surface area contributed by atoms with Crippen molar-refractivity contribution in [3.63, 3.8) is 0 Å². The van der Waals surface area contributed by atoms with Crippen LogP contribution in [0.15, 0.2) is 53.4 Å². The Morgan fingerprint density at radius 1 is 1.13 bits per heavy atom.